The zero-order valence-corrected chi connectivity index (χ0v) is 10.5. The maximum atomic E-state index is 11.9. The van der Waals surface area contributed by atoms with E-state index in [1.54, 1.807) is 0 Å². The molecular formula is C16H15NO2. The van der Waals surface area contributed by atoms with Gasteiger partial charge in [0.1, 0.15) is 5.75 Å². The molecule has 0 bridgehead atoms. The molecule has 1 heterocycles. The molecule has 0 aliphatic carbocycles. The SMILES string of the molecule is O=C1Nc2ccccc2OC1CCc1ccccc1. The monoisotopic (exact) mass is 253 g/mol. The van der Waals surface area contributed by atoms with E-state index in [2.05, 4.69) is 17.4 Å². The lowest BCUT2D eigenvalue weighted by Crippen LogP contribution is -2.37. The van der Waals surface area contributed by atoms with E-state index in [0.29, 0.717) is 6.42 Å². The highest BCUT2D eigenvalue weighted by Gasteiger charge is 2.26. The highest BCUT2D eigenvalue weighted by molar-refractivity contribution is 5.97. The summed E-state index contributed by atoms with van der Waals surface area (Å²) in [6.45, 7) is 0. The molecule has 0 radical (unpaired) electrons. The van der Waals surface area contributed by atoms with Crippen LogP contribution in [0.4, 0.5) is 5.69 Å². The summed E-state index contributed by atoms with van der Waals surface area (Å²) in [5.41, 5.74) is 1.97. The van der Waals surface area contributed by atoms with Gasteiger partial charge in [-0.05, 0) is 30.5 Å². The maximum absolute atomic E-state index is 11.9. The van der Waals surface area contributed by atoms with Crippen molar-refractivity contribution in [2.45, 2.75) is 18.9 Å². The molecule has 0 saturated carbocycles. The zero-order chi connectivity index (χ0) is 13.1. The minimum Gasteiger partial charge on any atom is -0.478 e. The number of hydrogen-bond acceptors (Lipinski definition) is 2. The predicted molar refractivity (Wildman–Crippen MR) is 74.3 cm³/mol. The third-order valence-electron chi connectivity index (χ3n) is 3.24. The zero-order valence-electron chi connectivity index (χ0n) is 10.5. The first-order valence-corrected chi connectivity index (χ1v) is 6.43. The Labute approximate surface area is 112 Å². The van der Waals surface area contributed by atoms with Crippen LogP contribution in [-0.2, 0) is 11.2 Å². The standard InChI is InChI=1S/C16H15NO2/c18-16-15(11-10-12-6-2-1-3-7-12)19-14-9-5-4-8-13(14)17-16/h1-9,15H,10-11H2,(H,17,18). The van der Waals surface area contributed by atoms with E-state index >= 15 is 0 Å². The summed E-state index contributed by atoms with van der Waals surface area (Å²) in [5.74, 6) is 0.690. The molecule has 2 aromatic rings. The normalized spacial score (nSPS) is 17.3. The van der Waals surface area contributed by atoms with Gasteiger partial charge < -0.3 is 10.1 Å². The van der Waals surface area contributed by atoms with Crippen molar-refractivity contribution in [2.75, 3.05) is 5.32 Å². The van der Waals surface area contributed by atoms with Crippen molar-refractivity contribution >= 4 is 11.6 Å². The molecule has 1 N–H and O–H groups in total. The molecule has 0 spiro atoms. The van der Waals surface area contributed by atoms with E-state index in [9.17, 15) is 4.79 Å². The Morgan fingerprint density at radius 3 is 2.58 bits per heavy atom. The minimum absolute atomic E-state index is 0.0605. The maximum Gasteiger partial charge on any atom is 0.265 e. The number of carbonyl (C=O) groups excluding carboxylic acids is 1. The summed E-state index contributed by atoms with van der Waals surface area (Å²) < 4.78 is 5.75. The molecule has 3 heteroatoms. The number of anilines is 1. The molecule has 0 saturated heterocycles. The molecule has 19 heavy (non-hydrogen) atoms. The van der Waals surface area contributed by atoms with Gasteiger partial charge in [-0.3, -0.25) is 4.79 Å². The Morgan fingerprint density at radius 1 is 1.00 bits per heavy atom. The van der Waals surface area contributed by atoms with E-state index in [-0.39, 0.29) is 5.91 Å². The first-order chi connectivity index (χ1) is 9.33. The number of aryl methyl sites for hydroxylation is 1. The molecule has 96 valence electrons. The average molecular weight is 253 g/mol. The van der Waals surface area contributed by atoms with Gasteiger partial charge in [-0.25, -0.2) is 0 Å². The fourth-order valence-corrected chi connectivity index (χ4v) is 2.23. The Morgan fingerprint density at radius 2 is 1.74 bits per heavy atom. The van der Waals surface area contributed by atoms with Crippen LogP contribution in [0.1, 0.15) is 12.0 Å². The van der Waals surface area contributed by atoms with Crippen molar-refractivity contribution in [2.24, 2.45) is 0 Å². The van der Waals surface area contributed by atoms with Gasteiger partial charge in [0.15, 0.2) is 6.10 Å². The fourth-order valence-electron chi connectivity index (χ4n) is 2.23. The quantitative estimate of drug-likeness (QED) is 0.913. The second-order valence-corrected chi connectivity index (χ2v) is 4.62. The average Bonchev–Trinajstić information content (AvgIpc) is 2.46. The number of amides is 1. The van der Waals surface area contributed by atoms with E-state index < -0.39 is 6.10 Å². The third-order valence-corrected chi connectivity index (χ3v) is 3.24. The van der Waals surface area contributed by atoms with Crippen LogP contribution < -0.4 is 10.1 Å². The van der Waals surface area contributed by atoms with Crippen molar-refractivity contribution in [3.05, 3.63) is 60.2 Å². The first-order valence-electron chi connectivity index (χ1n) is 6.43. The van der Waals surface area contributed by atoms with Gasteiger partial charge in [0.05, 0.1) is 5.69 Å². The number of benzene rings is 2. The number of nitrogens with one attached hydrogen (secondary N) is 1. The van der Waals surface area contributed by atoms with Crippen molar-refractivity contribution in [3.8, 4) is 5.75 Å². The molecule has 0 aromatic heterocycles. The van der Waals surface area contributed by atoms with Crippen molar-refractivity contribution in [1.29, 1.82) is 0 Å². The van der Waals surface area contributed by atoms with Crippen LogP contribution in [0.3, 0.4) is 0 Å². The highest BCUT2D eigenvalue weighted by atomic mass is 16.5. The summed E-state index contributed by atoms with van der Waals surface area (Å²) >= 11 is 0. The fraction of sp³-hybridized carbons (Fsp3) is 0.188. The molecular weight excluding hydrogens is 238 g/mol. The van der Waals surface area contributed by atoms with Crippen LogP contribution in [0.5, 0.6) is 5.75 Å². The first kappa shape index (κ1) is 11.8. The second kappa shape index (κ2) is 5.14. The lowest BCUT2D eigenvalue weighted by Gasteiger charge is -2.25. The Hall–Kier alpha value is -2.29. The molecule has 1 aliphatic heterocycles. The van der Waals surface area contributed by atoms with Crippen LogP contribution in [-0.4, -0.2) is 12.0 Å². The minimum atomic E-state index is -0.407. The summed E-state index contributed by atoms with van der Waals surface area (Å²) in [6.07, 6.45) is 1.11. The highest BCUT2D eigenvalue weighted by Crippen LogP contribution is 2.29. The van der Waals surface area contributed by atoms with E-state index in [4.69, 9.17) is 4.74 Å². The molecule has 1 amide bonds. The lowest BCUT2D eigenvalue weighted by molar-refractivity contribution is -0.123. The summed E-state index contributed by atoms with van der Waals surface area (Å²) in [5, 5.41) is 2.88. The molecule has 3 rings (SSSR count). The van der Waals surface area contributed by atoms with Gasteiger partial charge in [0, 0.05) is 0 Å². The number of ether oxygens (including phenoxy) is 1. The van der Waals surface area contributed by atoms with Crippen molar-refractivity contribution in [3.63, 3.8) is 0 Å². The van der Waals surface area contributed by atoms with Crippen LogP contribution in [0.2, 0.25) is 0 Å². The number of rotatable bonds is 3. The number of para-hydroxylation sites is 2. The smallest absolute Gasteiger partial charge is 0.265 e. The van der Waals surface area contributed by atoms with E-state index in [1.807, 2.05) is 42.5 Å². The van der Waals surface area contributed by atoms with Gasteiger partial charge in [0.2, 0.25) is 0 Å². The number of carbonyl (C=O) groups is 1. The van der Waals surface area contributed by atoms with E-state index in [1.165, 1.54) is 5.56 Å². The predicted octanol–water partition coefficient (Wildman–Crippen LogP) is 3.02. The molecule has 1 aliphatic rings. The van der Waals surface area contributed by atoms with Crippen LogP contribution in [0.25, 0.3) is 0 Å². The largest absolute Gasteiger partial charge is 0.478 e. The Kier molecular flexibility index (Phi) is 3.19. The van der Waals surface area contributed by atoms with Gasteiger partial charge in [-0.2, -0.15) is 0 Å². The molecule has 1 unspecified atom stereocenters. The lowest BCUT2D eigenvalue weighted by atomic mass is 10.1. The number of hydrogen-bond donors (Lipinski definition) is 1. The van der Waals surface area contributed by atoms with Crippen molar-refractivity contribution in [1.82, 2.24) is 0 Å². The Balaban J connectivity index is 1.68. The van der Waals surface area contributed by atoms with Gasteiger partial charge in [0.25, 0.3) is 5.91 Å². The second-order valence-electron chi connectivity index (χ2n) is 4.62. The third kappa shape index (κ3) is 2.60. The number of fused-ring (bicyclic) bond motifs is 1. The summed E-state index contributed by atoms with van der Waals surface area (Å²) in [7, 11) is 0. The van der Waals surface area contributed by atoms with Gasteiger partial charge in [-0.1, -0.05) is 42.5 Å². The van der Waals surface area contributed by atoms with Crippen LogP contribution >= 0.6 is 0 Å². The summed E-state index contributed by atoms with van der Waals surface area (Å²) in [6, 6.07) is 17.6. The van der Waals surface area contributed by atoms with E-state index in [0.717, 1.165) is 17.9 Å². The molecule has 2 aromatic carbocycles. The van der Waals surface area contributed by atoms with Gasteiger partial charge >= 0.3 is 0 Å². The molecule has 1 atom stereocenters. The van der Waals surface area contributed by atoms with Gasteiger partial charge in [-0.15, -0.1) is 0 Å². The molecule has 0 fully saturated rings. The van der Waals surface area contributed by atoms with Crippen LogP contribution in [0, 0.1) is 0 Å². The topological polar surface area (TPSA) is 38.3 Å². The summed E-state index contributed by atoms with van der Waals surface area (Å²) in [4.78, 5) is 11.9. The Bertz CT molecular complexity index is 580. The molecule has 3 nitrogen and oxygen atoms in total. The van der Waals surface area contributed by atoms with Crippen molar-refractivity contribution < 1.29 is 9.53 Å². The van der Waals surface area contributed by atoms with Crippen LogP contribution in [0.15, 0.2) is 54.6 Å².